The maximum absolute atomic E-state index is 13.6. The average molecular weight is 481 g/mol. The van der Waals surface area contributed by atoms with Gasteiger partial charge in [-0.05, 0) is 31.4 Å². The molecule has 4 rings (SSSR count). The Hall–Kier alpha value is -3.13. The highest BCUT2D eigenvalue weighted by molar-refractivity contribution is 5.98. The molecule has 2 heterocycles. The number of aliphatic hydroxyl groups is 1. The standard InChI is InChI=1S/C27H36N4O4/c1-18-15-31(19(2)17-32)26(33)23-13-21(20-9-5-4-6-10-20)14-28-25(23)35-24(18)16-30(3)27(34)29-22-11-7-8-12-22/h4-6,9-10,13-14,18-19,22,24,32H,7-8,11-12,15-17H2,1-3H3,(H,29,34)/t18-,19-,24+/m1/s1. The van der Waals surface area contributed by atoms with Crippen LogP contribution in [0, 0.1) is 5.92 Å². The summed E-state index contributed by atoms with van der Waals surface area (Å²) < 4.78 is 6.32. The molecular weight excluding hydrogens is 444 g/mol. The number of nitrogens with one attached hydrogen (secondary N) is 1. The lowest BCUT2D eigenvalue weighted by molar-refractivity contribution is 0.0351. The lowest BCUT2D eigenvalue weighted by Gasteiger charge is -2.37. The summed E-state index contributed by atoms with van der Waals surface area (Å²) in [6.45, 7) is 4.45. The molecule has 3 atom stereocenters. The van der Waals surface area contributed by atoms with Crippen molar-refractivity contribution < 1.29 is 19.4 Å². The average Bonchev–Trinajstić information content (AvgIpc) is 3.39. The predicted molar refractivity (Wildman–Crippen MR) is 134 cm³/mol. The van der Waals surface area contributed by atoms with Crippen LogP contribution in [-0.4, -0.2) is 76.8 Å². The van der Waals surface area contributed by atoms with Crippen LogP contribution >= 0.6 is 0 Å². The van der Waals surface area contributed by atoms with E-state index in [1.54, 1.807) is 29.1 Å². The van der Waals surface area contributed by atoms with Gasteiger partial charge >= 0.3 is 6.03 Å². The number of pyridine rings is 1. The third-order valence-electron chi connectivity index (χ3n) is 7.11. The van der Waals surface area contributed by atoms with Crippen LogP contribution in [0.4, 0.5) is 4.79 Å². The second kappa shape index (κ2) is 11.1. The molecule has 1 aliphatic heterocycles. The Kier molecular flexibility index (Phi) is 7.90. The van der Waals surface area contributed by atoms with E-state index in [0.29, 0.717) is 18.7 Å². The number of fused-ring (bicyclic) bond motifs is 1. The Morgan fingerprint density at radius 1 is 1.26 bits per heavy atom. The number of likely N-dealkylation sites (N-methyl/N-ethyl adjacent to an activating group) is 1. The molecule has 35 heavy (non-hydrogen) atoms. The number of amides is 3. The third-order valence-corrected chi connectivity index (χ3v) is 7.11. The Morgan fingerprint density at radius 3 is 2.66 bits per heavy atom. The zero-order valence-corrected chi connectivity index (χ0v) is 20.8. The van der Waals surface area contributed by atoms with Gasteiger partial charge in [0.1, 0.15) is 11.7 Å². The predicted octanol–water partition coefficient (Wildman–Crippen LogP) is 3.55. The van der Waals surface area contributed by atoms with Crippen molar-refractivity contribution in [2.24, 2.45) is 5.92 Å². The van der Waals surface area contributed by atoms with Gasteiger partial charge in [0, 0.05) is 37.3 Å². The van der Waals surface area contributed by atoms with E-state index in [9.17, 15) is 14.7 Å². The first kappa shape index (κ1) is 25.0. The van der Waals surface area contributed by atoms with Crippen molar-refractivity contribution in [3.05, 3.63) is 48.2 Å². The summed E-state index contributed by atoms with van der Waals surface area (Å²) in [5.41, 5.74) is 2.13. The molecule has 188 valence electrons. The summed E-state index contributed by atoms with van der Waals surface area (Å²) in [4.78, 5) is 34.2. The van der Waals surface area contributed by atoms with Crippen molar-refractivity contribution in [2.45, 2.75) is 57.7 Å². The highest BCUT2D eigenvalue weighted by atomic mass is 16.5. The van der Waals surface area contributed by atoms with Gasteiger partial charge in [-0.1, -0.05) is 50.1 Å². The van der Waals surface area contributed by atoms with Crippen LogP contribution in [0.15, 0.2) is 42.6 Å². The molecule has 1 aromatic carbocycles. The number of carbonyl (C=O) groups excluding carboxylic acids is 2. The molecular formula is C27H36N4O4. The molecule has 0 radical (unpaired) electrons. The normalized spacial score (nSPS) is 21.5. The molecule has 0 spiro atoms. The Balaban J connectivity index is 1.61. The van der Waals surface area contributed by atoms with Crippen molar-refractivity contribution >= 4 is 11.9 Å². The van der Waals surface area contributed by atoms with Crippen LogP contribution in [-0.2, 0) is 0 Å². The molecule has 0 bridgehead atoms. The van der Waals surface area contributed by atoms with Gasteiger partial charge in [-0.3, -0.25) is 4.79 Å². The monoisotopic (exact) mass is 480 g/mol. The number of nitrogens with zero attached hydrogens (tertiary/aromatic N) is 3. The second-order valence-corrected chi connectivity index (χ2v) is 9.88. The first-order valence-corrected chi connectivity index (χ1v) is 12.5. The largest absolute Gasteiger partial charge is 0.472 e. The molecule has 1 aliphatic carbocycles. The Labute approximate surface area is 207 Å². The maximum Gasteiger partial charge on any atom is 0.317 e. The summed E-state index contributed by atoms with van der Waals surface area (Å²) in [7, 11) is 1.77. The first-order valence-electron chi connectivity index (χ1n) is 12.5. The summed E-state index contributed by atoms with van der Waals surface area (Å²) in [6, 6.07) is 11.3. The fraction of sp³-hybridized carbons (Fsp3) is 0.519. The van der Waals surface area contributed by atoms with E-state index in [-0.39, 0.29) is 48.5 Å². The molecule has 2 aliphatic rings. The van der Waals surface area contributed by atoms with Crippen molar-refractivity contribution in [3.8, 4) is 17.0 Å². The SMILES string of the molecule is C[C@@H]1CN([C@H](C)CO)C(=O)c2cc(-c3ccccc3)cnc2O[C@H]1CN(C)C(=O)NC1CCCC1. The minimum Gasteiger partial charge on any atom is -0.472 e. The van der Waals surface area contributed by atoms with Gasteiger partial charge in [0.05, 0.1) is 19.2 Å². The van der Waals surface area contributed by atoms with Crippen molar-refractivity contribution in [2.75, 3.05) is 26.7 Å². The summed E-state index contributed by atoms with van der Waals surface area (Å²) in [5, 5.41) is 13.0. The zero-order valence-electron chi connectivity index (χ0n) is 20.8. The lowest BCUT2D eigenvalue weighted by Crippen LogP contribution is -2.52. The fourth-order valence-electron chi connectivity index (χ4n) is 4.82. The van der Waals surface area contributed by atoms with Gasteiger partial charge in [0.2, 0.25) is 5.88 Å². The van der Waals surface area contributed by atoms with Crippen LogP contribution in [0.2, 0.25) is 0 Å². The van der Waals surface area contributed by atoms with Crippen molar-refractivity contribution in [1.82, 2.24) is 20.1 Å². The van der Waals surface area contributed by atoms with Crippen LogP contribution in [0.5, 0.6) is 5.88 Å². The summed E-state index contributed by atoms with van der Waals surface area (Å²) in [6.07, 6.45) is 5.68. The summed E-state index contributed by atoms with van der Waals surface area (Å²) in [5.74, 6) is -0.0473. The number of ether oxygens (including phenoxy) is 1. The molecule has 3 amide bonds. The molecule has 1 aromatic heterocycles. The first-order chi connectivity index (χ1) is 16.9. The highest BCUT2D eigenvalue weighted by Gasteiger charge is 2.35. The van der Waals surface area contributed by atoms with E-state index in [0.717, 1.165) is 36.8 Å². The molecule has 2 aromatic rings. The topological polar surface area (TPSA) is 95.0 Å². The van der Waals surface area contributed by atoms with Gasteiger partial charge in [-0.25, -0.2) is 9.78 Å². The molecule has 8 heteroatoms. The fourth-order valence-corrected chi connectivity index (χ4v) is 4.82. The van der Waals surface area contributed by atoms with Crippen LogP contribution in [0.25, 0.3) is 11.1 Å². The third kappa shape index (κ3) is 5.75. The van der Waals surface area contributed by atoms with E-state index in [1.165, 1.54) is 0 Å². The quantitative estimate of drug-likeness (QED) is 0.659. The van der Waals surface area contributed by atoms with E-state index in [2.05, 4.69) is 10.3 Å². The number of aliphatic hydroxyl groups excluding tert-OH is 1. The molecule has 1 saturated carbocycles. The number of benzene rings is 1. The highest BCUT2D eigenvalue weighted by Crippen LogP contribution is 2.30. The summed E-state index contributed by atoms with van der Waals surface area (Å²) >= 11 is 0. The zero-order chi connectivity index (χ0) is 24.9. The molecule has 0 unspecified atom stereocenters. The molecule has 2 N–H and O–H groups in total. The number of rotatable bonds is 6. The van der Waals surface area contributed by atoms with Crippen molar-refractivity contribution in [3.63, 3.8) is 0 Å². The van der Waals surface area contributed by atoms with Gasteiger partial charge < -0.3 is 25.0 Å². The van der Waals surface area contributed by atoms with Gasteiger partial charge in [0.25, 0.3) is 5.91 Å². The van der Waals surface area contributed by atoms with Gasteiger partial charge in [-0.2, -0.15) is 0 Å². The minimum atomic E-state index is -0.371. The van der Waals surface area contributed by atoms with E-state index in [4.69, 9.17) is 4.74 Å². The van der Waals surface area contributed by atoms with E-state index in [1.807, 2.05) is 44.2 Å². The molecule has 8 nitrogen and oxygen atoms in total. The second-order valence-electron chi connectivity index (χ2n) is 9.88. The lowest BCUT2D eigenvalue weighted by atomic mass is 9.99. The number of hydrogen-bond acceptors (Lipinski definition) is 5. The van der Waals surface area contributed by atoms with Crippen LogP contribution < -0.4 is 10.1 Å². The van der Waals surface area contributed by atoms with Gasteiger partial charge in [0.15, 0.2) is 0 Å². The van der Waals surface area contributed by atoms with Gasteiger partial charge in [-0.15, -0.1) is 0 Å². The Bertz CT molecular complexity index is 1030. The van der Waals surface area contributed by atoms with Crippen LogP contribution in [0.3, 0.4) is 0 Å². The molecule has 0 saturated heterocycles. The Morgan fingerprint density at radius 2 is 1.97 bits per heavy atom. The van der Waals surface area contributed by atoms with Crippen molar-refractivity contribution in [1.29, 1.82) is 0 Å². The smallest absolute Gasteiger partial charge is 0.317 e. The van der Waals surface area contributed by atoms with E-state index >= 15 is 0 Å². The van der Waals surface area contributed by atoms with E-state index < -0.39 is 0 Å². The number of aromatic nitrogens is 1. The maximum atomic E-state index is 13.6. The molecule has 1 fully saturated rings. The minimum absolute atomic E-state index is 0.0848. The number of urea groups is 1. The number of carbonyl (C=O) groups is 2. The number of hydrogen-bond donors (Lipinski definition) is 2. The van der Waals surface area contributed by atoms with Crippen LogP contribution in [0.1, 0.15) is 49.9 Å².